The third-order valence-corrected chi connectivity index (χ3v) is 2.71. The molecule has 0 N–H and O–H groups in total. The van der Waals surface area contributed by atoms with E-state index in [1.54, 1.807) is 12.1 Å². The number of carbonyl (C=O) groups is 1. The van der Waals surface area contributed by atoms with Gasteiger partial charge in [0.15, 0.2) is 0 Å². The smallest absolute Gasteiger partial charge is 0.150 e. The zero-order chi connectivity index (χ0) is 13.3. The van der Waals surface area contributed by atoms with Crippen molar-refractivity contribution in [1.82, 2.24) is 0 Å². The fraction of sp³-hybridized carbons (Fsp3) is 0.118. The summed E-state index contributed by atoms with van der Waals surface area (Å²) < 4.78 is 5.54. The fourth-order valence-electron chi connectivity index (χ4n) is 1.69. The lowest BCUT2D eigenvalue weighted by Crippen LogP contribution is -1.92. The normalized spacial score (nSPS) is 10.7. The fourth-order valence-corrected chi connectivity index (χ4v) is 1.69. The van der Waals surface area contributed by atoms with E-state index in [-0.39, 0.29) is 0 Å². The van der Waals surface area contributed by atoms with E-state index in [1.807, 2.05) is 54.6 Å². The highest BCUT2D eigenvalue weighted by atomic mass is 16.5. The Morgan fingerprint density at radius 2 is 1.58 bits per heavy atom. The van der Waals surface area contributed by atoms with Crippen LogP contribution in [0.2, 0.25) is 0 Å². The molecule has 0 aliphatic rings. The summed E-state index contributed by atoms with van der Waals surface area (Å²) in [5.74, 6) is 0. The number of benzene rings is 2. The van der Waals surface area contributed by atoms with Crippen molar-refractivity contribution in [3.8, 4) is 0 Å². The second-order valence-electron chi connectivity index (χ2n) is 4.19. The second kappa shape index (κ2) is 7.29. The van der Waals surface area contributed by atoms with Gasteiger partial charge in [-0.3, -0.25) is 4.79 Å². The van der Waals surface area contributed by atoms with Crippen LogP contribution in [0.25, 0.3) is 6.08 Å². The Labute approximate surface area is 113 Å². The lowest BCUT2D eigenvalue weighted by atomic mass is 10.1. The molecule has 0 saturated heterocycles. The van der Waals surface area contributed by atoms with E-state index in [2.05, 4.69) is 0 Å². The molecular weight excluding hydrogens is 236 g/mol. The molecule has 2 heteroatoms. The Kier molecular flexibility index (Phi) is 5.08. The van der Waals surface area contributed by atoms with Gasteiger partial charge in [-0.05, 0) is 11.1 Å². The topological polar surface area (TPSA) is 26.3 Å². The molecule has 0 spiro atoms. The number of carbonyl (C=O) groups excluding carboxylic acids is 1. The molecule has 0 aliphatic carbocycles. The van der Waals surface area contributed by atoms with E-state index in [4.69, 9.17) is 4.74 Å². The Hall–Kier alpha value is -2.19. The van der Waals surface area contributed by atoms with Gasteiger partial charge >= 0.3 is 0 Å². The van der Waals surface area contributed by atoms with Crippen LogP contribution < -0.4 is 0 Å². The first-order valence-corrected chi connectivity index (χ1v) is 6.22. The summed E-state index contributed by atoms with van der Waals surface area (Å²) in [5, 5.41) is 0. The largest absolute Gasteiger partial charge is 0.373 e. The van der Waals surface area contributed by atoms with Crippen molar-refractivity contribution in [1.29, 1.82) is 0 Å². The molecule has 0 atom stereocenters. The van der Waals surface area contributed by atoms with Gasteiger partial charge in [0.05, 0.1) is 13.2 Å². The molecule has 0 fully saturated rings. The van der Waals surface area contributed by atoms with Crippen molar-refractivity contribution in [2.75, 3.05) is 6.61 Å². The standard InChI is InChI=1S/C17H16O2/c18-13-16-10-8-15(9-11-16)7-4-12-19-14-17-5-2-1-3-6-17/h1-11,13H,12,14H2/b7-4+. The predicted molar refractivity (Wildman–Crippen MR) is 77.0 cm³/mol. The quantitative estimate of drug-likeness (QED) is 0.578. The third kappa shape index (κ3) is 4.53. The Morgan fingerprint density at radius 1 is 0.895 bits per heavy atom. The summed E-state index contributed by atoms with van der Waals surface area (Å²) >= 11 is 0. The molecule has 2 aromatic carbocycles. The van der Waals surface area contributed by atoms with Crippen molar-refractivity contribution >= 4 is 12.4 Å². The van der Waals surface area contributed by atoms with Gasteiger partial charge in [0.1, 0.15) is 6.29 Å². The molecule has 0 amide bonds. The van der Waals surface area contributed by atoms with Gasteiger partial charge in [0.2, 0.25) is 0 Å². The molecule has 2 rings (SSSR count). The molecule has 0 radical (unpaired) electrons. The molecular formula is C17H16O2. The van der Waals surface area contributed by atoms with Crippen LogP contribution in [0.3, 0.4) is 0 Å². The van der Waals surface area contributed by atoms with Crippen LogP contribution in [0.1, 0.15) is 21.5 Å². The molecule has 0 saturated carbocycles. The van der Waals surface area contributed by atoms with Crippen molar-refractivity contribution in [3.05, 3.63) is 77.4 Å². The molecule has 0 unspecified atom stereocenters. The zero-order valence-corrected chi connectivity index (χ0v) is 10.7. The molecule has 96 valence electrons. The highest BCUT2D eigenvalue weighted by molar-refractivity contribution is 5.75. The van der Waals surface area contributed by atoms with Crippen LogP contribution in [-0.4, -0.2) is 12.9 Å². The average molecular weight is 252 g/mol. The van der Waals surface area contributed by atoms with Crippen LogP contribution in [0, 0.1) is 0 Å². The minimum Gasteiger partial charge on any atom is -0.373 e. The van der Waals surface area contributed by atoms with Crippen LogP contribution in [0.4, 0.5) is 0 Å². The lowest BCUT2D eigenvalue weighted by Gasteiger charge is -2.00. The maximum absolute atomic E-state index is 10.5. The minimum absolute atomic E-state index is 0.574. The van der Waals surface area contributed by atoms with Crippen LogP contribution in [0.5, 0.6) is 0 Å². The minimum atomic E-state index is 0.574. The number of ether oxygens (including phenoxy) is 1. The maximum atomic E-state index is 10.5. The first-order valence-electron chi connectivity index (χ1n) is 6.22. The summed E-state index contributed by atoms with van der Waals surface area (Å²) in [5.41, 5.74) is 2.93. The zero-order valence-electron chi connectivity index (χ0n) is 10.7. The van der Waals surface area contributed by atoms with Crippen molar-refractivity contribution in [2.24, 2.45) is 0 Å². The Bertz CT molecular complexity index is 527. The van der Waals surface area contributed by atoms with E-state index in [9.17, 15) is 4.79 Å². The third-order valence-electron chi connectivity index (χ3n) is 2.71. The lowest BCUT2D eigenvalue weighted by molar-refractivity contribution is 0.112. The van der Waals surface area contributed by atoms with Gasteiger partial charge in [-0.2, -0.15) is 0 Å². The predicted octanol–water partition coefficient (Wildman–Crippen LogP) is 3.73. The van der Waals surface area contributed by atoms with Gasteiger partial charge in [-0.1, -0.05) is 66.7 Å². The number of hydrogen-bond donors (Lipinski definition) is 0. The molecule has 2 nitrogen and oxygen atoms in total. The summed E-state index contributed by atoms with van der Waals surface area (Å²) in [6.07, 6.45) is 4.80. The van der Waals surface area contributed by atoms with Crippen molar-refractivity contribution in [2.45, 2.75) is 6.61 Å². The Balaban J connectivity index is 1.75. The monoisotopic (exact) mass is 252 g/mol. The molecule has 2 aromatic rings. The number of aldehydes is 1. The van der Waals surface area contributed by atoms with Gasteiger partial charge in [0.25, 0.3) is 0 Å². The van der Waals surface area contributed by atoms with Crippen LogP contribution in [-0.2, 0) is 11.3 Å². The molecule has 0 bridgehead atoms. The van der Waals surface area contributed by atoms with Crippen molar-refractivity contribution < 1.29 is 9.53 Å². The molecule has 0 heterocycles. The maximum Gasteiger partial charge on any atom is 0.150 e. The summed E-state index contributed by atoms with van der Waals surface area (Å²) in [4.78, 5) is 10.5. The first-order chi connectivity index (χ1) is 9.38. The molecule has 19 heavy (non-hydrogen) atoms. The van der Waals surface area contributed by atoms with E-state index in [0.29, 0.717) is 18.8 Å². The Morgan fingerprint density at radius 3 is 2.26 bits per heavy atom. The second-order valence-corrected chi connectivity index (χ2v) is 4.19. The van der Waals surface area contributed by atoms with Gasteiger partial charge < -0.3 is 4.74 Å². The average Bonchev–Trinajstić information content (AvgIpc) is 2.49. The summed E-state index contributed by atoms with van der Waals surface area (Å²) in [7, 11) is 0. The molecule has 0 aromatic heterocycles. The van der Waals surface area contributed by atoms with E-state index >= 15 is 0 Å². The van der Waals surface area contributed by atoms with E-state index in [1.165, 1.54) is 5.56 Å². The first kappa shape index (κ1) is 13.2. The number of rotatable bonds is 6. The van der Waals surface area contributed by atoms with Crippen molar-refractivity contribution in [3.63, 3.8) is 0 Å². The number of hydrogen-bond acceptors (Lipinski definition) is 2. The van der Waals surface area contributed by atoms with E-state index in [0.717, 1.165) is 11.8 Å². The van der Waals surface area contributed by atoms with E-state index < -0.39 is 0 Å². The van der Waals surface area contributed by atoms with Crippen LogP contribution in [0.15, 0.2) is 60.7 Å². The van der Waals surface area contributed by atoms with Gasteiger partial charge in [-0.15, -0.1) is 0 Å². The molecule has 0 aliphatic heterocycles. The highest BCUT2D eigenvalue weighted by Crippen LogP contribution is 2.05. The SMILES string of the molecule is O=Cc1ccc(/C=C/COCc2ccccc2)cc1. The van der Waals surface area contributed by atoms with Gasteiger partial charge in [0, 0.05) is 5.56 Å². The van der Waals surface area contributed by atoms with Gasteiger partial charge in [-0.25, -0.2) is 0 Å². The summed E-state index contributed by atoms with van der Waals surface area (Å²) in [6, 6.07) is 17.5. The van der Waals surface area contributed by atoms with Crippen LogP contribution >= 0.6 is 0 Å². The highest BCUT2D eigenvalue weighted by Gasteiger charge is 1.91. The summed E-state index contributed by atoms with van der Waals surface area (Å²) in [6.45, 7) is 1.19.